The topological polar surface area (TPSA) is 118 Å². The number of carboxylic acid groups (broad SMARTS) is 1. The number of ether oxygens (including phenoxy) is 3. The van der Waals surface area contributed by atoms with Gasteiger partial charge in [-0.1, -0.05) is 43.3 Å². The van der Waals surface area contributed by atoms with Gasteiger partial charge in [-0.2, -0.15) is 0 Å². The summed E-state index contributed by atoms with van der Waals surface area (Å²) in [6, 6.07) is 15.6. The average molecular weight is 541 g/mol. The number of carbonyl (C=O) groups excluding carboxylic acids is 1. The fourth-order valence-electron chi connectivity index (χ4n) is 5.46. The molecule has 2 aromatic rings. The van der Waals surface area contributed by atoms with Gasteiger partial charge in [0.15, 0.2) is 6.29 Å². The van der Waals surface area contributed by atoms with Crippen LogP contribution in [0.5, 0.6) is 0 Å². The van der Waals surface area contributed by atoms with Crippen LogP contribution >= 0.6 is 0 Å². The van der Waals surface area contributed by atoms with Gasteiger partial charge in [0.1, 0.15) is 0 Å². The summed E-state index contributed by atoms with van der Waals surface area (Å²) >= 11 is 0. The number of methoxy groups -OCH3 is 1. The van der Waals surface area contributed by atoms with E-state index in [-0.39, 0.29) is 49.9 Å². The van der Waals surface area contributed by atoms with Crippen molar-refractivity contribution in [3.63, 3.8) is 0 Å². The normalized spacial score (nSPS) is 25.5. The van der Waals surface area contributed by atoms with Crippen molar-refractivity contribution in [3.8, 4) is 0 Å². The van der Waals surface area contributed by atoms with E-state index >= 15 is 0 Å². The van der Waals surface area contributed by atoms with E-state index in [1.54, 1.807) is 13.2 Å². The van der Waals surface area contributed by atoms with E-state index in [1.807, 2.05) is 42.5 Å². The summed E-state index contributed by atoms with van der Waals surface area (Å²) in [6.45, 7) is 4.61. The van der Waals surface area contributed by atoms with Crippen molar-refractivity contribution in [2.24, 2.45) is 5.92 Å². The third-order valence-corrected chi connectivity index (χ3v) is 7.63. The highest BCUT2D eigenvalue weighted by Gasteiger charge is 2.40. The van der Waals surface area contributed by atoms with Gasteiger partial charge in [-0.15, -0.1) is 0 Å². The van der Waals surface area contributed by atoms with Gasteiger partial charge in [0.2, 0.25) is 5.91 Å². The molecule has 9 heteroatoms. The molecular formula is C30H40N2O7. The van der Waals surface area contributed by atoms with E-state index in [4.69, 9.17) is 19.3 Å². The molecule has 2 heterocycles. The smallest absolute Gasteiger partial charge is 0.303 e. The zero-order valence-corrected chi connectivity index (χ0v) is 22.8. The minimum absolute atomic E-state index is 0.0135. The number of nitrogens with one attached hydrogen (secondary N) is 1. The number of benzene rings is 2. The summed E-state index contributed by atoms with van der Waals surface area (Å²) in [4.78, 5) is 25.5. The van der Waals surface area contributed by atoms with Crippen LogP contribution in [0.1, 0.15) is 68.1 Å². The minimum atomic E-state index is -0.914. The Labute approximate surface area is 230 Å². The molecule has 9 nitrogen and oxygen atoms in total. The largest absolute Gasteiger partial charge is 0.481 e. The number of anilines is 1. The first-order valence-corrected chi connectivity index (χ1v) is 13.7. The fourth-order valence-corrected chi connectivity index (χ4v) is 5.46. The second kappa shape index (κ2) is 14.0. The van der Waals surface area contributed by atoms with Crippen LogP contribution in [0.3, 0.4) is 0 Å². The van der Waals surface area contributed by atoms with Gasteiger partial charge in [-0.3, -0.25) is 14.5 Å². The molecule has 4 rings (SSSR count). The van der Waals surface area contributed by atoms with Gasteiger partial charge in [0, 0.05) is 49.7 Å². The number of aliphatic carboxylic acids is 1. The Balaban J connectivity index is 1.53. The molecule has 0 aromatic heterocycles. The average Bonchev–Trinajstić information content (AvgIpc) is 3.36. The molecule has 0 bridgehead atoms. The predicted molar refractivity (Wildman–Crippen MR) is 146 cm³/mol. The van der Waals surface area contributed by atoms with E-state index < -0.39 is 12.3 Å². The number of aliphatic hydroxyl groups excluding tert-OH is 1. The number of amides is 1. The molecule has 0 radical (unpaired) electrons. The number of aliphatic hydroxyl groups is 1. The molecule has 5 unspecified atom stereocenters. The molecule has 1 amide bonds. The van der Waals surface area contributed by atoms with Crippen LogP contribution in [0.4, 0.5) is 5.69 Å². The molecule has 0 saturated carbocycles. The maximum Gasteiger partial charge on any atom is 0.303 e. The predicted octanol–water partition coefficient (Wildman–Crippen LogP) is 4.27. The Kier molecular flexibility index (Phi) is 10.5. The van der Waals surface area contributed by atoms with Crippen molar-refractivity contribution in [2.75, 3.05) is 32.1 Å². The van der Waals surface area contributed by atoms with Crippen molar-refractivity contribution in [2.45, 2.75) is 70.2 Å². The lowest BCUT2D eigenvalue weighted by atomic mass is 9.90. The molecule has 0 spiro atoms. The monoisotopic (exact) mass is 540 g/mol. The number of hydrogen-bond donors (Lipinski definition) is 3. The van der Waals surface area contributed by atoms with Gasteiger partial charge < -0.3 is 29.7 Å². The van der Waals surface area contributed by atoms with Crippen LogP contribution in [-0.4, -0.2) is 65.9 Å². The van der Waals surface area contributed by atoms with Crippen LogP contribution in [0, 0.1) is 5.92 Å². The van der Waals surface area contributed by atoms with Gasteiger partial charge in [0.25, 0.3) is 0 Å². The Morgan fingerprint density at radius 1 is 1.10 bits per heavy atom. The zero-order valence-electron chi connectivity index (χ0n) is 22.8. The lowest BCUT2D eigenvalue weighted by molar-refractivity contribution is -0.276. The summed E-state index contributed by atoms with van der Waals surface area (Å²) in [5.74, 6) is -1.07. The van der Waals surface area contributed by atoms with Crippen LogP contribution < -0.4 is 5.32 Å². The number of rotatable bonds is 12. The molecule has 212 valence electrons. The van der Waals surface area contributed by atoms with Crippen LogP contribution in [0.15, 0.2) is 48.5 Å². The van der Waals surface area contributed by atoms with Crippen molar-refractivity contribution in [3.05, 3.63) is 65.2 Å². The highest BCUT2D eigenvalue weighted by Crippen LogP contribution is 2.42. The lowest BCUT2D eigenvalue weighted by Crippen LogP contribution is -2.46. The molecular weight excluding hydrogens is 500 g/mol. The van der Waals surface area contributed by atoms with Crippen molar-refractivity contribution >= 4 is 17.6 Å². The Bertz CT molecular complexity index is 1090. The lowest BCUT2D eigenvalue weighted by Gasteiger charge is -2.43. The Morgan fingerprint density at radius 2 is 1.90 bits per heavy atom. The summed E-state index contributed by atoms with van der Waals surface area (Å²) in [5.41, 5.74) is 3.27. The SMILES string of the molecule is COCC1CCCN1CC1OC(c2cccc(NC(=O)CCCC(=O)O)c2)OC(c2ccc(CO)cc2)C1C. The van der Waals surface area contributed by atoms with Crippen molar-refractivity contribution in [1.82, 2.24) is 4.90 Å². The summed E-state index contributed by atoms with van der Waals surface area (Å²) in [5, 5.41) is 21.2. The molecule has 2 saturated heterocycles. The molecule has 0 aliphatic carbocycles. The highest BCUT2D eigenvalue weighted by atomic mass is 16.7. The van der Waals surface area contributed by atoms with Gasteiger partial charge in [0.05, 0.1) is 25.4 Å². The minimum Gasteiger partial charge on any atom is -0.481 e. The number of hydrogen-bond acceptors (Lipinski definition) is 7. The van der Waals surface area contributed by atoms with E-state index in [0.29, 0.717) is 18.3 Å². The summed E-state index contributed by atoms with van der Waals surface area (Å²) in [7, 11) is 1.74. The fraction of sp³-hybridized carbons (Fsp3) is 0.533. The Morgan fingerprint density at radius 3 is 2.62 bits per heavy atom. The number of nitrogens with zero attached hydrogens (tertiary/aromatic N) is 1. The molecule has 2 aliphatic heterocycles. The molecule has 5 atom stereocenters. The van der Waals surface area contributed by atoms with Crippen LogP contribution in [-0.2, 0) is 30.4 Å². The quantitative estimate of drug-likeness (QED) is 0.365. The molecule has 3 N–H and O–H groups in total. The maximum atomic E-state index is 12.3. The van der Waals surface area contributed by atoms with Crippen molar-refractivity contribution < 1.29 is 34.0 Å². The second-order valence-electron chi connectivity index (χ2n) is 10.5. The Hall–Kier alpha value is -2.82. The number of carboxylic acids is 1. The van der Waals surface area contributed by atoms with E-state index in [9.17, 15) is 14.7 Å². The molecule has 2 aliphatic rings. The highest BCUT2D eigenvalue weighted by molar-refractivity contribution is 5.90. The third-order valence-electron chi connectivity index (χ3n) is 7.63. The van der Waals surface area contributed by atoms with Gasteiger partial charge in [-0.05, 0) is 49.1 Å². The first-order chi connectivity index (χ1) is 18.9. The molecule has 39 heavy (non-hydrogen) atoms. The molecule has 2 fully saturated rings. The van der Waals surface area contributed by atoms with Crippen molar-refractivity contribution in [1.29, 1.82) is 0 Å². The second-order valence-corrected chi connectivity index (χ2v) is 10.5. The van der Waals surface area contributed by atoms with Gasteiger partial charge >= 0.3 is 5.97 Å². The number of carbonyl (C=O) groups is 2. The van der Waals surface area contributed by atoms with Crippen LogP contribution in [0.25, 0.3) is 0 Å². The molecule has 2 aromatic carbocycles. The first kappa shape index (κ1) is 29.2. The zero-order chi connectivity index (χ0) is 27.8. The first-order valence-electron chi connectivity index (χ1n) is 13.7. The standard InChI is InChI=1S/C30H40N2O7/c1-20-26(17-32-15-5-8-25(32)19-37-2)38-30(39-29(20)22-13-11-21(18-33)12-14-22)23-6-3-7-24(16-23)31-27(34)9-4-10-28(35)36/h3,6-7,11-14,16,20,25-26,29-30,33H,4-5,8-10,15,17-19H2,1-2H3,(H,31,34)(H,35,36). The van der Waals surface area contributed by atoms with E-state index in [1.165, 1.54) is 0 Å². The van der Waals surface area contributed by atoms with Crippen LogP contribution in [0.2, 0.25) is 0 Å². The number of likely N-dealkylation sites (tertiary alicyclic amines) is 1. The van der Waals surface area contributed by atoms with E-state index in [0.717, 1.165) is 42.6 Å². The summed E-state index contributed by atoms with van der Waals surface area (Å²) < 4.78 is 18.6. The summed E-state index contributed by atoms with van der Waals surface area (Å²) in [6.07, 6.45) is 1.66. The van der Waals surface area contributed by atoms with Gasteiger partial charge in [-0.25, -0.2) is 0 Å². The van der Waals surface area contributed by atoms with E-state index in [2.05, 4.69) is 17.1 Å². The third kappa shape index (κ3) is 7.86. The maximum absolute atomic E-state index is 12.3.